The Labute approximate surface area is 107 Å². The molecule has 1 saturated heterocycles. The van der Waals surface area contributed by atoms with Gasteiger partial charge in [-0.1, -0.05) is 26.7 Å². The second-order valence-electron chi connectivity index (χ2n) is 6.73. The maximum absolute atomic E-state index is 3.75. The van der Waals surface area contributed by atoms with E-state index in [9.17, 15) is 0 Å². The molecule has 100 valence electrons. The van der Waals surface area contributed by atoms with E-state index in [2.05, 4.69) is 24.5 Å². The van der Waals surface area contributed by atoms with Gasteiger partial charge in [-0.25, -0.2) is 0 Å². The van der Waals surface area contributed by atoms with E-state index in [1.165, 1.54) is 64.6 Å². The number of nitrogens with one attached hydrogen (secondary N) is 2. The van der Waals surface area contributed by atoms with E-state index in [1.54, 1.807) is 0 Å². The van der Waals surface area contributed by atoms with Gasteiger partial charge in [-0.05, 0) is 50.0 Å². The molecule has 2 aliphatic rings. The smallest absolute Gasteiger partial charge is 0.0192 e. The van der Waals surface area contributed by atoms with Crippen LogP contribution in [0.2, 0.25) is 0 Å². The molecule has 2 heteroatoms. The summed E-state index contributed by atoms with van der Waals surface area (Å²) in [4.78, 5) is 0. The second-order valence-corrected chi connectivity index (χ2v) is 6.73. The van der Waals surface area contributed by atoms with Gasteiger partial charge in [0.25, 0.3) is 0 Å². The lowest BCUT2D eigenvalue weighted by Gasteiger charge is -2.32. The van der Waals surface area contributed by atoms with Crippen molar-refractivity contribution in [3.8, 4) is 0 Å². The SMILES string of the molecule is CC(C)CC1(CNCC2CCCN2)CCCC1. The highest BCUT2D eigenvalue weighted by atomic mass is 15.0. The maximum Gasteiger partial charge on any atom is 0.0192 e. The molecular weight excluding hydrogens is 208 g/mol. The summed E-state index contributed by atoms with van der Waals surface area (Å²) in [5, 5.41) is 7.33. The van der Waals surface area contributed by atoms with Crippen molar-refractivity contribution in [3.63, 3.8) is 0 Å². The van der Waals surface area contributed by atoms with Crippen LogP contribution in [-0.2, 0) is 0 Å². The molecule has 1 aliphatic carbocycles. The van der Waals surface area contributed by atoms with Crippen molar-refractivity contribution in [2.24, 2.45) is 11.3 Å². The Bertz CT molecular complexity index is 213. The summed E-state index contributed by atoms with van der Waals surface area (Å²) in [7, 11) is 0. The molecular formula is C15H30N2. The number of hydrogen-bond acceptors (Lipinski definition) is 2. The standard InChI is InChI=1S/C15H30N2/c1-13(2)10-15(7-3-4-8-15)12-16-11-14-6-5-9-17-14/h13-14,16-17H,3-12H2,1-2H3. The lowest BCUT2D eigenvalue weighted by Crippen LogP contribution is -2.40. The van der Waals surface area contributed by atoms with Crippen LogP contribution in [0.5, 0.6) is 0 Å². The van der Waals surface area contributed by atoms with Crippen molar-refractivity contribution in [1.82, 2.24) is 10.6 Å². The van der Waals surface area contributed by atoms with Gasteiger partial charge in [0.1, 0.15) is 0 Å². The van der Waals surface area contributed by atoms with E-state index in [-0.39, 0.29) is 0 Å². The van der Waals surface area contributed by atoms with Gasteiger partial charge >= 0.3 is 0 Å². The summed E-state index contributed by atoms with van der Waals surface area (Å²) in [5.74, 6) is 0.847. The molecule has 1 saturated carbocycles. The van der Waals surface area contributed by atoms with E-state index >= 15 is 0 Å². The Balaban J connectivity index is 1.73. The first-order valence-corrected chi connectivity index (χ1v) is 7.64. The van der Waals surface area contributed by atoms with Gasteiger partial charge in [-0.2, -0.15) is 0 Å². The molecule has 2 rings (SSSR count). The highest BCUT2D eigenvalue weighted by Gasteiger charge is 2.34. The summed E-state index contributed by atoms with van der Waals surface area (Å²) in [6.45, 7) is 8.41. The Kier molecular flexibility index (Phi) is 4.87. The molecule has 2 nitrogen and oxygen atoms in total. The molecule has 1 atom stereocenters. The first-order chi connectivity index (χ1) is 8.20. The largest absolute Gasteiger partial charge is 0.315 e. The second kappa shape index (κ2) is 6.19. The van der Waals surface area contributed by atoms with E-state index in [1.807, 2.05) is 0 Å². The Morgan fingerprint density at radius 3 is 2.59 bits per heavy atom. The van der Waals surface area contributed by atoms with E-state index in [0.29, 0.717) is 5.41 Å². The quantitative estimate of drug-likeness (QED) is 0.743. The minimum atomic E-state index is 0.632. The Morgan fingerprint density at radius 2 is 2.00 bits per heavy atom. The van der Waals surface area contributed by atoms with Gasteiger partial charge in [-0.3, -0.25) is 0 Å². The molecule has 0 radical (unpaired) electrons. The fourth-order valence-corrected chi connectivity index (χ4v) is 3.89. The molecule has 1 heterocycles. The molecule has 1 unspecified atom stereocenters. The lowest BCUT2D eigenvalue weighted by atomic mass is 9.78. The predicted octanol–water partition coefficient (Wildman–Crippen LogP) is 2.93. The van der Waals surface area contributed by atoms with Crippen LogP contribution in [0.25, 0.3) is 0 Å². The zero-order valence-corrected chi connectivity index (χ0v) is 11.7. The molecule has 0 amide bonds. The van der Waals surface area contributed by atoms with Crippen LogP contribution in [0, 0.1) is 11.3 Å². The van der Waals surface area contributed by atoms with Crippen molar-refractivity contribution in [2.45, 2.75) is 64.8 Å². The lowest BCUT2D eigenvalue weighted by molar-refractivity contribution is 0.222. The topological polar surface area (TPSA) is 24.1 Å². The van der Waals surface area contributed by atoms with E-state index in [4.69, 9.17) is 0 Å². The third kappa shape index (κ3) is 3.96. The first-order valence-electron chi connectivity index (χ1n) is 7.64. The minimum Gasteiger partial charge on any atom is -0.315 e. The van der Waals surface area contributed by atoms with Gasteiger partial charge in [0.15, 0.2) is 0 Å². The van der Waals surface area contributed by atoms with Crippen molar-refractivity contribution >= 4 is 0 Å². The van der Waals surface area contributed by atoms with Crippen LogP contribution in [0.1, 0.15) is 58.8 Å². The van der Waals surface area contributed by atoms with Crippen LogP contribution in [0.4, 0.5) is 0 Å². The van der Waals surface area contributed by atoms with Gasteiger partial charge in [0.2, 0.25) is 0 Å². The van der Waals surface area contributed by atoms with Crippen LogP contribution in [-0.4, -0.2) is 25.7 Å². The summed E-state index contributed by atoms with van der Waals surface area (Å²) < 4.78 is 0. The zero-order valence-electron chi connectivity index (χ0n) is 11.7. The monoisotopic (exact) mass is 238 g/mol. The fourth-order valence-electron chi connectivity index (χ4n) is 3.89. The van der Waals surface area contributed by atoms with Crippen LogP contribution in [0.3, 0.4) is 0 Å². The molecule has 2 N–H and O–H groups in total. The van der Waals surface area contributed by atoms with Crippen LogP contribution < -0.4 is 10.6 Å². The maximum atomic E-state index is 3.75. The summed E-state index contributed by atoms with van der Waals surface area (Å²) in [6.07, 6.45) is 9.96. The molecule has 0 aromatic carbocycles. The Morgan fingerprint density at radius 1 is 1.24 bits per heavy atom. The van der Waals surface area contributed by atoms with E-state index < -0.39 is 0 Å². The number of hydrogen-bond donors (Lipinski definition) is 2. The first kappa shape index (κ1) is 13.4. The summed E-state index contributed by atoms with van der Waals surface area (Å²) in [6, 6.07) is 0.743. The molecule has 0 bridgehead atoms. The average molecular weight is 238 g/mol. The van der Waals surface area contributed by atoms with Gasteiger partial charge in [0.05, 0.1) is 0 Å². The van der Waals surface area contributed by atoms with Gasteiger partial charge in [-0.15, -0.1) is 0 Å². The normalized spacial score (nSPS) is 28.1. The highest BCUT2D eigenvalue weighted by Crippen LogP contribution is 2.42. The minimum absolute atomic E-state index is 0.632. The van der Waals surface area contributed by atoms with Gasteiger partial charge < -0.3 is 10.6 Å². The zero-order chi connectivity index (χ0) is 12.1. The van der Waals surface area contributed by atoms with Crippen molar-refractivity contribution < 1.29 is 0 Å². The van der Waals surface area contributed by atoms with Crippen LogP contribution >= 0.6 is 0 Å². The fraction of sp³-hybridized carbons (Fsp3) is 1.00. The summed E-state index contributed by atoms with van der Waals surface area (Å²) >= 11 is 0. The number of rotatable bonds is 6. The van der Waals surface area contributed by atoms with Crippen LogP contribution in [0.15, 0.2) is 0 Å². The van der Waals surface area contributed by atoms with E-state index in [0.717, 1.165) is 12.0 Å². The van der Waals surface area contributed by atoms with Crippen molar-refractivity contribution in [1.29, 1.82) is 0 Å². The third-order valence-electron chi connectivity index (χ3n) is 4.56. The van der Waals surface area contributed by atoms with Gasteiger partial charge in [0, 0.05) is 19.1 Å². The third-order valence-corrected chi connectivity index (χ3v) is 4.56. The average Bonchev–Trinajstić information content (AvgIpc) is 2.89. The molecule has 0 aromatic heterocycles. The van der Waals surface area contributed by atoms with Crippen molar-refractivity contribution in [3.05, 3.63) is 0 Å². The Hall–Kier alpha value is -0.0800. The molecule has 2 fully saturated rings. The van der Waals surface area contributed by atoms with Crippen molar-refractivity contribution in [2.75, 3.05) is 19.6 Å². The predicted molar refractivity (Wildman–Crippen MR) is 74.3 cm³/mol. The molecule has 0 aromatic rings. The molecule has 17 heavy (non-hydrogen) atoms. The summed E-state index contributed by atoms with van der Waals surface area (Å²) in [5.41, 5.74) is 0.632. The molecule has 0 spiro atoms. The highest BCUT2D eigenvalue weighted by molar-refractivity contribution is 4.88. The molecule has 1 aliphatic heterocycles.